The predicted molar refractivity (Wildman–Crippen MR) is 66.3 cm³/mol. The maximum Gasteiger partial charge on any atom is 0.242 e. The van der Waals surface area contributed by atoms with Gasteiger partial charge in [0.1, 0.15) is 0 Å². The third-order valence-corrected chi connectivity index (χ3v) is 2.38. The minimum atomic E-state index is -0.503. The first kappa shape index (κ1) is 10.9. The molecular weight excluding hydrogens is 212 g/mol. The summed E-state index contributed by atoms with van der Waals surface area (Å²) in [5.74, 6) is 10.7. The quantitative estimate of drug-likeness (QED) is 0.490. The van der Waals surface area contributed by atoms with Crippen molar-refractivity contribution in [3.05, 3.63) is 67.5 Å². The normalized spacial score (nSPS) is 9.00. The Morgan fingerprint density at radius 1 is 0.882 bits per heavy atom. The third kappa shape index (κ3) is 2.17. The molecule has 0 unspecified atom stereocenters. The average molecular weight is 220 g/mol. The van der Waals surface area contributed by atoms with Gasteiger partial charge >= 0.3 is 0 Å². The second-order valence-electron chi connectivity index (χ2n) is 3.52. The van der Waals surface area contributed by atoms with E-state index in [1.165, 1.54) is 0 Å². The van der Waals surface area contributed by atoms with E-state index >= 15 is 0 Å². The third-order valence-electron chi connectivity index (χ3n) is 2.38. The Morgan fingerprint density at radius 3 is 2.18 bits per heavy atom. The van der Waals surface area contributed by atoms with Gasteiger partial charge in [0.05, 0.1) is 5.56 Å². The highest BCUT2D eigenvalue weighted by Crippen LogP contribution is 1.95. The summed E-state index contributed by atoms with van der Waals surface area (Å²) in [7, 11) is 0. The summed E-state index contributed by atoms with van der Waals surface area (Å²) in [5.41, 5.74) is 0.645. The summed E-state index contributed by atoms with van der Waals surface area (Å²) in [6.07, 6.45) is 0. The van der Waals surface area contributed by atoms with Crippen LogP contribution in [-0.4, -0.2) is 0 Å². The Hall–Kier alpha value is -2.58. The monoisotopic (exact) mass is 220 g/mol. The van der Waals surface area contributed by atoms with E-state index in [-0.39, 0.29) is 5.56 Å². The van der Waals surface area contributed by atoms with Gasteiger partial charge in [-0.05, 0) is 36.8 Å². The Morgan fingerprint density at radius 2 is 1.53 bits per heavy atom. The topological polar surface area (TPSA) is 34.1 Å². The van der Waals surface area contributed by atoms with E-state index in [9.17, 15) is 9.59 Å². The fourth-order valence-corrected chi connectivity index (χ4v) is 1.37. The largest absolute Gasteiger partial charge is 0.285 e. The lowest BCUT2D eigenvalue weighted by molar-refractivity contribution is 1.24. The summed E-state index contributed by atoms with van der Waals surface area (Å²) in [6, 6.07) is 9.43. The van der Waals surface area contributed by atoms with E-state index in [0.29, 0.717) is 5.56 Å². The van der Waals surface area contributed by atoms with Crippen molar-refractivity contribution in [1.29, 1.82) is 0 Å². The zero-order valence-corrected chi connectivity index (χ0v) is 9.20. The molecule has 2 rings (SSSR count). The van der Waals surface area contributed by atoms with Gasteiger partial charge in [-0.15, -0.1) is 0 Å². The summed E-state index contributed by atoms with van der Waals surface area (Å²) < 4.78 is 0. The maximum absolute atomic E-state index is 11.1. The molecule has 2 heteroatoms. The van der Waals surface area contributed by atoms with Gasteiger partial charge in [0.25, 0.3) is 0 Å². The Bertz CT molecular complexity index is 737. The van der Waals surface area contributed by atoms with Gasteiger partial charge < -0.3 is 0 Å². The minimum Gasteiger partial charge on any atom is -0.285 e. The van der Waals surface area contributed by atoms with E-state index < -0.39 is 10.9 Å². The fraction of sp³-hybridized carbons (Fsp3) is 0.0667. The van der Waals surface area contributed by atoms with Crippen molar-refractivity contribution < 1.29 is 0 Å². The van der Waals surface area contributed by atoms with Gasteiger partial charge in [-0.1, -0.05) is 24.1 Å². The lowest BCUT2D eigenvalue weighted by Crippen LogP contribution is -2.36. The first-order valence-corrected chi connectivity index (χ1v) is 5.07. The van der Waals surface area contributed by atoms with Crippen LogP contribution in [0.1, 0.15) is 16.7 Å². The van der Waals surface area contributed by atoms with Crippen LogP contribution in [0.4, 0.5) is 0 Å². The molecule has 0 amide bonds. The first-order valence-electron chi connectivity index (χ1n) is 5.07. The van der Waals surface area contributed by atoms with Crippen molar-refractivity contribution in [2.24, 2.45) is 0 Å². The van der Waals surface area contributed by atoms with Gasteiger partial charge in [-0.2, -0.15) is 0 Å². The second kappa shape index (κ2) is 4.51. The van der Waals surface area contributed by atoms with Crippen LogP contribution < -0.4 is 10.9 Å². The van der Waals surface area contributed by atoms with Crippen molar-refractivity contribution >= 4 is 0 Å². The van der Waals surface area contributed by atoms with E-state index in [4.69, 9.17) is 0 Å². The zero-order valence-electron chi connectivity index (χ0n) is 9.20. The molecule has 0 radical (unpaired) electrons. The van der Waals surface area contributed by atoms with Crippen molar-refractivity contribution in [3.63, 3.8) is 0 Å². The van der Waals surface area contributed by atoms with Crippen molar-refractivity contribution in [1.82, 2.24) is 0 Å². The van der Waals surface area contributed by atoms with Crippen LogP contribution in [0.3, 0.4) is 0 Å². The van der Waals surface area contributed by atoms with Crippen molar-refractivity contribution in [2.45, 2.75) is 6.92 Å². The van der Waals surface area contributed by atoms with Crippen LogP contribution in [-0.2, 0) is 0 Å². The molecule has 0 heterocycles. The van der Waals surface area contributed by atoms with E-state index in [1.54, 1.807) is 6.92 Å². The lowest BCUT2D eigenvalue weighted by atomic mass is 10.0. The van der Waals surface area contributed by atoms with Gasteiger partial charge in [0, 0.05) is 11.1 Å². The molecule has 0 bridgehead atoms. The first-order chi connectivity index (χ1) is 8.20. The van der Waals surface area contributed by atoms with Gasteiger partial charge in [-0.3, -0.25) is 9.59 Å². The van der Waals surface area contributed by atoms with Gasteiger partial charge in [0.15, 0.2) is 0 Å². The summed E-state index contributed by atoms with van der Waals surface area (Å²) in [5, 5.41) is 0. The number of hydrogen-bond donors (Lipinski definition) is 0. The Balaban J connectivity index is 2.19. The maximum atomic E-state index is 11.1. The van der Waals surface area contributed by atoms with Crippen LogP contribution in [0.15, 0.2) is 39.9 Å². The molecule has 80 valence electrons. The molecule has 2 nitrogen and oxygen atoms in total. The molecule has 0 saturated carbocycles. The molecule has 0 aromatic heterocycles. The molecule has 0 aliphatic rings. The molecule has 0 fully saturated rings. The lowest BCUT2D eigenvalue weighted by Gasteiger charge is -1.95. The zero-order chi connectivity index (χ0) is 12.3. The molecule has 0 aliphatic carbocycles. The van der Waals surface area contributed by atoms with Gasteiger partial charge in [-0.25, -0.2) is 0 Å². The Labute approximate surface area is 98.6 Å². The van der Waals surface area contributed by atoms with Crippen molar-refractivity contribution in [3.8, 4) is 23.7 Å². The summed E-state index contributed by atoms with van der Waals surface area (Å²) in [4.78, 5) is 22.0. The van der Waals surface area contributed by atoms with Gasteiger partial charge in [0.2, 0.25) is 10.9 Å². The van der Waals surface area contributed by atoms with Crippen LogP contribution in [0, 0.1) is 30.6 Å². The van der Waals surface area contributed by atoms with E-state index in [2.05, 4.69) is 23.7 Å². The van der Waals surface area contributed by atoms with Crippen LogP contribution >= 0.6 is 0 Å². The Kier molecular flexibility index (Phi) is 2.90. The van der Waals surface area contributed by atoms with Crippen molar-refractivity contribution in [2.75, 3.05) is 0 Å². The number of hydrogen-bond acceptors (Lipinski definition) is 2. The summed E-state index contributed by atoms with van der Waals surface area (Å²) >= 11 is 0. The minimum absolute atomic E-state index is 0.289. The molecule has 0 spiro atoms. The highest BCUT2D eigenvalue weighted by atomic mass is 16.2. The molecule has 0 atom stereocenters. The second-order valence-corrected chi connectivity index (χ2v) is 3.52. The molecule has 17 heavy (non-hydrogen) atoms. The van der Waals surface area contributed by atoms with Crippen LogP contribution in [0.5, 0.6) is 0 Å². The number of rotatable bonds is 0. The fourth-order valence-electron chi connectivity index (χ4n) is 1.37. The number of benzene rings is 1. The highest BCUT2D eigenvalue weighted by molar-refractivity contribution is 5.49. The SMILES string of the molecule is Cc1c(C#CC#Cc2ccccc2)c(=O)c1=O. The molecule has 0 N–H and O–H groups in total. The molecule has 0 saturated heterocycles. The van der Waals surface area contributed by atoms with E-state index in [0.717, 1.165) is 5.56 Å². The smallest absolute Gasteiger partial charge is 0.242 e. The standard InChI is InChI=1S/C15H8O2/c1-11-13(15(17)14(11)16)10-6-5-9-12-7-3-2-4-8-12/h2-4,7-8H,1H3. The molecular formula is C15H8O2. The molecule has 2 aromatic rings. The summed E-state index contributed by atoms with van der Waals surface area (Å²) in [6.45, 7) is 1.60. The highest BCUT2D eigenvalue weighted by Gasteiger charge is 2.13. The van der Waals surface area contributed by atoms with E-state index in [1.807, 2.05) is 30.3 Å². The van der Waals surface area contributed by atoms with Crippen LogP contribution in [0.25, 0.3) is 0 Å². The van der Waals surface area contributed by atoms with Crippen LogP contribution in [0.2, 0.25) is 0 Å². The molecule has 2 aromatic carbocycles. The average Bonchev–Trinajstić information content (AvgIpc) is 2.38. The predicted octanol–water partition coefficient (Wildman–Crippen LogP) is 0.994. The molecule has 0 aliphatic heterocycles.